The summed E-state index contributed by atoms with van der Waals surface area (Å²) in [6, 6.07) is 5.66. The first-order chi connectivity index (χ1) is 13.3. The molecule has 7 heteroatoms. The van der Waals surface area contributed by atoms with E-state index in [-0.39, 0.29) is 6.61 Å². The number of thioether (sulfide) groups is 1. The summed E-state index contributed by atoms with van der Waals surface area (Å²) >= 11 is 1.57. The van der Waals surface area contributed by atoms with Gasteiger partial charge in [-0.05, 0) is 37.5 Å². The number of nitrogens with zero attached hydrogens (tertiary/aromatic N) is 2. The van der Waals surface area contributed by atoms with Crippen molar-refractivity contribution in [2.24, 2.45) is 5.92 Å². The van der Waals surface area contributed by atoms with Gasteiger partial charge in [-0.2, -0.15) is 0 Å². The van der Waals surface area contributed by atoms with Gasteiger partial charge >= 0.3 is 0 Å². The zero-order valence-electron chi connectivity index (χ0n) is 17.7. The van der Waals surface area contributed by atoms with E-state index < -0.39 is 6.10 Å². The molecule has 2 aromatic rings. The molecule has 0 bridgehead atoms. The van der Waals surface area contributed by atoms with E-state index in [1.54, 1.807) is 26.0 Å². The van der Waals surface area contributed by atoms with Crippen molar-refractivity contribution in [1.29, 1.82) is 0 Å². The number of methoxy groups -OCH3 is 2. The quantitative estimate of drug-likeness (QED) is 0.570. The predicted octanol–water partition coefficient (Wildman–Crippen LogP) is 3.84. The molecule has 0 amide bonds. The van der Waals surface area contributed by atoms with Crippen LogP contribution in [0.5, 0.6) is 11.5 Å². The molecule has 0 fully saturated rings. The van der Waals surface area contributed by atoms with Crippen molar-refractivity contribution in [2.75, 3.05) is 26.6 Å². The van der Waals surface area contributed by atoms with E-state index in [0.717, 1.165) is 23.0 Å². The Morgan fingerprint density at radius 1 is 1.14 bits per heavy atom. The van der Waals surface area contributed by atoms with E-state index in [0.29, 0.717) is 29.8 Å². The third-order valence-electron chi connectivity index (χ3n) is 4.40. The molecule has 28 heavy (non-hydrogen) atoms. The summed E-state index contributed by atoms with van der Waals surface area (Å²) in [7, 11) is 3.22. The Kier molecular flexibility index (Phi) is 8.66. The van der Waals surface area contributed by atoms with Crippen molar-refractivity contribution < 1.29 is 19.3 Å². The molecule has 1 atom stereocenters. The lowest BCUT2D eigenvalue weighted by Gasteiger charge is -2.14. The van der Waals surface area contributed by atoms with Crippen LogP contribution in [0.25, 0.3) is 0 Å². The summed E-state index contributed by atoms with van der Waals surface area (Å²) < 4.78 is 18.5. The number of aromatic nitrogens is 2. The van der Waals surface area contributed by atoms with Crippen LogP contribution in [0.15, 0.2) is 23.4 Å². The lowest BCUT2D eigenvalue weighted by molar-refractivity contribution is 0.0397. The third-order valence-corrected chi connectivity index (χ3v) is 5.52. The lowest BCUT2D eigenvalue weighted by Crippen LogP contribution is -2.18. The standard InChI is InChI=1S/C21H32N2O4S/c1-14(2)10-23-16(4)15(3)22-21(23)28-13-18(24)12-27-11-17-7-8-19(25-5)20(9-17)26-6/h7-9,14,18,24H,10-13H2,1-6H3. The van der Waals surface area contributed by atoms with E-state index in [9.17, 15) is 5.11 Å². The Morgan fingerprint density at radius 3 is 2.50 bits per heavy atom. The van der Waals surface area contributed by atoms with Gasteiger partial charge in [0.15, 0.2) is 16.7 Å². The fraction of sp³-hybridized carbons (Fsp3) is 0.571. The minimum Gasteiger partial charge on any atom is -0.493 e. The van der Waals surface area contributed by atoms with Gasteiger partial charge in [-0.1, -0.05) is 31.7 Å². The second kappa shape index (κ2) is 10.7. The Morgan fingerprint density at radius 2 is 1.86 bits per heavy atom. The van der Waals surface area contributed by atoms with E-state index in [2.05, 4.69) is 30.3 Å². The lowest BCUT2D eigenvalue weighted by atomic mass is 10.2. The molecule has 1 aromatic heterocycles. The Hall–Kier alpha value is -1.70. The van der Waals surface area contributed by atoms with Gasteiger partial charge in [0.25, 0.3) is 0 Å². The minimum absolute atomic E-state index is 0.268. The number of ether oxygens (including phenoxy) is 3. The molecule has 0 spiro atoms. The van der Waals surface area contributed by atoms with Crippen LogP contribution in [0.3, 0.4) is 0 Å². The zero-order valence-corrected chi connectivity index (χ0v) is 18.5. The van der Waals surface area contributed by atoms with Crippen molar-refractivity contribution in [1.82, 2.24) is 9.55 Å². The van der Waals surface area contributed by atoms with Crippen LogP contribution in [0.4, 0.5) is 0 Å². The maximum atomic E-state index is 10.3. The van der Waals surface area contributed by atoms with Crippen molar-refractivity contribution in [3.63, 3.8) is 0 Å². The number of benzene rings is 1. The predicted molar refractivity (Wildman–Crippen MR) is 112 cm³/mol. The zero-order chi connectivity index (χ0) is 20.7. The number of rotatable bonds is 11. The summed E-state index contributed by atoms with van der Waals surface area (Å²) in [5.41, 5.74) is 3.20. The van der Waals surface area contributed by atoms with E-state index >= 15 is 0 Å². The summed E-state index contributed by atoms with van der Waals surface area (Å²) in [6.07, 6.45) is -0.560. The molecule has 0 aliphatic rings. The molecule has 0 aliphatic carbocycles. The first-order valence-corrected chi connectivity index (χ1v) is 10.5. The monoisotopic (exact) mass is 408 g/mol. The van der Waals surface area contributed by atoms with Gasteiger partial charge in [0, 0.05) is 18.0 Å². The van der Waals surface area contributed by atoms with Crippen molar-refractivity contribution in [3.05, 3.63) is 35.2 Å². The maximum absolute atomic E-state index is 10.3. The van der Waals surface area contributed by atoms with Gasteiger partial charge in [-0.25, -0.2) is 4.98 Å². The highest BCUT2D eigenvalue weighted by molar-refractivity contribution is 7.99. The summed E-state index contributed by atoms with van der Waals surface area (Å²) in [4.78, 5) is 4.65. The second-order valence-electron chi connectivity index (χ2n) is 7.24. The SMILES string of the molecule is COc1ccc(COCC(O)CSc2nc(C)c(C)n2CC(C)C)cc1OC. The number of aliphatic hydroxyl groups excluding tert-OH is 1. The van der Waals surface area contributed by atoms with E-state index in [4.69, 9.17) is 14.2 Å². The molecule has 1 unspecified atom stereocenters. The number of aryl methyl sites for hydroxylation is 1. The molecular formula is C21H32N2O4S. The summed E-state index contributed by atoms with van der Waals surface area (Å²) in [5.74, 6) is 2.44. The third kappa shape index (κ3) is 6.15. The molecule has 156 valence electrons. The molecule has 0 aliphatic heterocycles. The van der Waals surface area contributed by atoms with Crippen LogP contribution >= 0.6 is 11.8 Å². The smallest absolute Gasteiger partial charge is 0.168 e. The van der Waals surface area contributed by atoms with Crippen molar-refractivity contribution in [3.8, 4) is 11.5 Å². The van der Waals surface area contributed by atoms with Gasteiger partial charge in [-0.15, -0.1) is 0 Å². The summed E-state index contributed by atoms with van der Waals surface area (Å²) in [6.45, 7) is 10.1. The van der Waals surface area contributed by atoms with Gasteiger partial charge < -0.3 is 23.9 Å². The van der Waals surface area contributed by atoms with Crippen molar-refractivity contribution in [2.45, 2.75) is 52.1 Å². The molecule has 1 heterocycles. The summed E-state index contributed by atoms with van der Waals surface area (Å²) in [5, 5.41) is 11.3. The van der Waals surface area contributed by atoms with Gasteiger partial charge in [0.1, 0.15) is 0 Å². The largest absolute Gasteiger partial charge is 0.493 e. The van der Waals surface area contributed by atoms with Gasteiger partial charge in [0.2, 0.25) is 0 Å². The second-order valence-corrected chi connectivity index (χ2v) is 8.23. The highest BCUT2D eigenvalue weighted by Crippen LogP contribution is 2.28. The molecule has 0 saturated carbocycles. The van der Waals surface area contributed by atoms with Crippen LogP contribution < -0.4 is 9.47 Å². The fourth-order valence-corrected chi connectivity index (χ4v) is 3.82. The van der Waals surface area contributed by atoms with Gasteiger partial charge in [0.05, 0.1) is 39.2 Å². The van der Waals surface area contributed by atoms with E-state index in [1.807, 2.05) is 25.1 Å². The molecule has 0 radical (unpaired) electrons. The average molecular weight is 409 g/mol. The van der Waals surface area contributed by atoms with Crippen LogP contribution in [-0.4, -0.2) is 47.3 Å². The van der Waals surface area contributed by atoms with Crippen LogP contribution in [0, 0.1) is 19.8 Å². The van der Waals surface area contributed by atoms with Crippen LogP contribution in [0.2, 0.25) is 0 Å². The normalized spacial score (nSPS) is 12.4. The maximum Gasteiger partial charge on any atom is 0.168 e. The Balaban J connectivity index is 1.84. The fourth-order valence-electron chi connectivity index (χ4n) is 2.82. The first kappa shape index (κ1) is 22.6. The molecule has 6 nitrogen and oxygen atoms in total. The highest BCUT2D eigenvalue weighted by atomic mass is 32.2. The minimum atomic E-state index is -0.560. The highest BCUT2D eigenvalue weighted by Gasteiger charge is 2.15. The molecule has 2 rings (SSSR count). The van der Waals surface area contributed by atoms with Gasteiger partial charge in [-0.3, -0.25) is 0 Å². The Labute approximate surface area is 172 Å². The number of imidazole rings is 1. The molecule has 1 N–H and O–H groups in total. The molecular weight excluding hydrogens is 376 g/mol. The average Bonchev–Trinajstić information content (AvgIpc) is 2.93. The van der Waals surface area contributed by atoms with Crippen molar-refractivity contribution >= 4 is 11.8 Å². The molecule has 0 saturated heterocycles. The molecule has 1 aromatic carbocycles. The van der Waals surface area contributed by atoms with E-state index in [1.165, 1.54) is 5.69 Å². The van der Waals surface area contributed by atoms with Crippen LogP contribution in [0.1, 0.15) is 30.8 Å². The first-order valence-electron chi connectivity index (χ1n) is 9.48. The Bertz CT molecular complexity index is 761. The topological polar surface area (TPSA) is 65.7 Å². The van der Waals surface area contributed by atoms with Crippen LogP contribution in [-0.2, 0) is 17.9 Å². The number of aliphatic hydroxyl groups is 1. The number of hydrogen-bond donors (Lipinski definition) is 1. The number of hydrogen-bond acceptors (Lipinski definition) is 6.